The Hall–Kier alpha value is -2.09. The van der Waals surface area contributed by atoms with Gasteiger partial charge in [-0.15, -0.1) is 0 Å². The van der Waals surface area contributed by atoms with Crippen molar-refractivity contribution in [2.45, 2.75) is 17.7 Å². The fourth-order valence-corrected chi connectivity index (χ4v) is 4.42. The first-order chi connectivity index (χ1) is 12.8. The zero-order chi connectivity index (χ0) is 19.6. The molecule has 1 amide bonds. The van der Waals surface area contributed by atoms with Crippen LogP contribution < -0.4 is 9.64 Å². The molecule has 0 atom stereocenters. The molecule has 0 radical (unpaired) electrons. The van der Waals surface area contributed by atoms with Crippen LogP contribution in [0.25, 0.3) is 0 Å². The largest absolute Gasteiger partial charge is 0.495 e. The molecular weight excluding hydrogens is 388 g/mol. The van der Waals surface area contributed by atoms with E-state index in [1.807, 2.05) is 12.1 Å². The van der Waals surface area contributed by atoms with Crippen LogP contribution >= 0.6 is 11.6 Å². The summed E-state index contributed by atoms with van der Waals surface area (Å²) in [6.07, 6.45) is 1.68. The lowest BCUT2D eigenvalue weighted by atomic mass is 10.0. The number of benzene rings is 2. The molecule has 0 saturated heterocycles. The molecule has 27 heavy (non-hydrogen) atoms. The van der Waals surface area contributed by atoms with Gasteiger partial charge in [0.1, 0.15) is 5.75 Å². The van der Waals surface area contributed by atoms with Crippen molar-refractivity contribution in [2.24, 2.45) is 0 Å². The van der Waals surface area contributed by atoms with Crippen LogP contribution in [0.1, 0.15) is 12.0 Å². The molecule has 2 aromatic rings. The smallest absolute Gasteiger partial charge is 0.243 e. The first-order valence-corrected chi connectivity index (χ1v) is 10.3. The van der Waals surface area contributed by atoms with Gasteiger partial charge < -0.3 is 9.64 Å². The number of para-hydroxylation sites is 1. The van der Waals surface area contributed by atoms with E-state index in [1.165, 1.54) is 31.3 Å². The summed E-state index contributed by atoms with van der Waals surface area (Å²) in [5, 5.41) is 0.449. The standard InChI is InChI=1S/C19H21ClN2O4S/c1-21(27(24,25)16-10-8-15(20)9-11-16)13-18(23)22-12-4-6-14-5-3-7-17(26-2)19(14)22/h3,5,7-11H,4,6,12-13H2,1-2H3. The van der Waals surface area contributed by atoms with Crippen LogP contribution in [0, 0.1) is 0 Å². The summed E-state index contributed by atoms with van der Waals surface area (Å²) in [6.45, 7) is 0.267. The number of ether oxygens (including phenoxy) is 1. The van der Waals surface area contributed by atoms with Crippen molar-refractivity contribution >= 4 is 33.2 Å². The molecule has 0 saturated carbocycles. The number of aryl methyl sites for hydroxylation is 1. The predicted molar refractivity (Wildman–Crippen MR) is 105 cm³/mol. The van der Waals surface area contributed by atoms with Gasteiger partial charge in [-0.1, -0.05) is 23.7 Å². The van der Waals surface area contributed by atoms with Crippen molar-refractivity contribution in [1.82, 2.24) is 4.31 Å². The summed E-state index contributed by atoms with van der Waals surface area (Å²) in [4.78, 5) is 14.6. The van der Waals surface area contributed by atoms with E-state index < -0.39 is 10.0 Å². The average Bonchev–Trinajstić information content (AvgIpc) is 2.67. The van der Waals surface area contributed by atoms with Gasteiger partial charge >= 0.3 is 0 Å². The van der Waals surface area contributed by atoms with Crippen molar-refractivity contribution in [3.8, 4) is 5.75 Å². The normalized spacial score (nSPS) is 14.1. The fourth-order valence-electron chi connectivity index (χ4n) is 3.18. The Labute approximate surface area is 164 Å². The van der Waals surface area contributed by atoms with E-state index in [9.17, 15) is 13.2 Å². The second-order valence-corrected chi connectivity index (χ2v) is 8.81. The predicted octanol–water partition coefficient (Wildman–Crippen LogP) is 2.95. The van der Waals surface area contributed by atoms with E-state index >= 15 is 0 Å². The SMILES string of the molecule is COc1cccc2c1N(C(=O)CN(C)S(=O)(=O)c1ccc(Cl)cc1)CCC2. The summed E-state index contributed by atoms with van der Waals surface area (Å²) < 4.78 is 31.9. The molecule has 8 heteroatoms. The highest BCUT2D eigenvalue weighted by Gasteiger charge is 2.29. The molecule has 0 aromatic heterocycles. The molecule has 0 unspecified atom stereocenters. The molecule has 0 aliphatic carbocycles. The van der Waals surface area contributed by atoms with Gasteiger partial charge in [0.25, 0.3) is 0 Å². The number of carbonyl (C=O) groups excluding carboxylic acids is 1. The van der Waals surface area contributed by atoms with E-state index in [0.717, 1.165) is 28.4 Å². The number of likely N-dealkylation sites (N-methyl/N-ethyl adjacent to an activating group) is 1. The Morgan fingerprint density at radius 1 is 1.22 bits per heavy atom. The monoisotopic (exact) mass is 408 g/mol. The zero-order valence-electron chi connectivity index (χ0n) is 15.2. The number of fused-ring (bicyclic) bond motifs is 1. The fraction of sp³-hybridized carbons (Fsp3) is 0.316. The summed E-state index contributed by atoms with van der Waals surface area (Å²) in [5.41, 5.74) is 1.76. The van der Waals surface area contributed by atoms with Gasteiger partial charge in [0.15, 0.2) is 0 Å². The van der Waals surface area contributed by atoms with Crippen molar-refractivity contribution in [3.05, 3.63) is 53.1 Å². The minimum Gasteiger partial charge on any atom is -0.495 e. The van der Waals surface area contributed by atoms with E-state index in [2.05, 4.69) is 0 Å². The highest BCUT2D eigenvalue weighted by molar-refractivity contribution is 7.89. The number of methoxy groups -OCH3 is 1. The lowest BCUT2D eigenvalue weighted by molar-refractivity contribution is -0.118. The molecule has 6 nitrogen and oxygen atoms in total. The second kappa shape index (κ2) is 7.88. The number of anilines is 1. The van der Waals surface area contributed by atoms with Crippen LogP contribution in [0.2, 0.25) is 5.02 Å². The highest BCUT2D eigenvalue weighted by atomic mass is 35.5. The van der Waals surface area contributed by atoms with Gasteiger partial charge in [0.2, 0.25) is 15.9 Å². The number of rotatable bonds is 5. The third-order valence-electron chi connectivity index (χ3n) is 4.58. The summed E-state index contributed by atoms with van der Waals surface area (Å²) in [5.74, 6) is 0.323. The molecular formula is C19H21ClN2O4S. The van der Waals surface area contributed by atoms with Crippen LogP contribution in [0.4, 0.5) is 5.69 Å². The molecule has 0 bridgehead atoms. The Morgan fingerprint density at radius 2 is 1.93 bits per heavy atom. The third-order valence-corrected chi connectivity index (χ3v) is 6.65. The molecule has 2 aromatic carbocycles. The lowest BCUT2D eigenvalue weighted by Crippen LogP contribution is -2.43. The number of carbonyl (C=O) groups is 1. The van der Waals surface area contributed by atoms with Crippen LogP contribution in [0.3, 0.4) is 0 Å². The van der Waals surface area contributed by atoms with Gasteiger partial charge in [0.05, 0.1) is 24.2 Å². The summed E-state index contributed by atoms with van der Waals surface area (Å²) >= 11 is 5.82. The van der Waals surface area contributed by atoms with Crippen LogP contribution in [0.15, 0.2) is 47.4 Å². The molecule has 144 valence electrons. The van der Waals surface area contributed by atoms with Crippen LogP contribution in [0.5, 0.6) is 5.75 Å². The van der Waals surface area contributed by atoms with Crippen molar-refractivity contribution in [1.29, 1.82) is 0 Å². The Balaban J connectivity index is 1.83. The number of sulfonamides is 1. The van der Waals surface area contributed by atoms with Crippen LogP contribution in [-0.4, -0.2) is 45.9 Å². The third kappa shape index (κ3) is 3.95. The molecule has 0 fully saturated rings. The van der Waals surface area contributed by atoms with Crippen molar-refractivity contribution < 1.29 is 17.9 Å². The lowest BCUT2D eigenvalue weighted by Gasteiger charge is -2.32. The van der Waals surface area contributed by atoms with Crippen molar-refractivity contribution in [2.75, 3.05) is 32.1 Å². The number of amides is 1. The quantitative estimate of drug-likeness (QED) is 0.762. The van der Waals surface area contributed by atoms with E-state index in [-0.39, 0.29) is 17.3 Å². The van der Waals surface area contributed by atoms with Crippen molar-refractivity contribution in [3.63, 3.8) is 0 Å². The molecule has 0 N–H and O–H groups in total. The van der Waals surface area contributed by atoms with Gasteiger partial charge in [-0.3, -0.25) is 4.79 Å². The first-order valence-electron chi connectivity index (χ1n) is 8.52. The summed E-state index contributed by atoms with van der Waals surface area (Å²) in [6, 6.07) is 11.5. The van der Waals surface area contributed by atoms with Gasteiger partial charge in [-0.2, -0.15) is 4.31 Å². The molecule has 3 rings (SSSR count). The minimum atomic E-state index is -3.79. The Kier molecular flexibility index (Phi) is 5.74. The molecule has 1 aliphatic heterocycles. The number of hydrogen-bond donors (Lipinski definition) is 0. The van der Waals surface area contributed by atoms with Gasteiger partial charge in [-0.25, -0.2) is 8.42 Å². The van der Waals surface area contributed by atoms with Gasteiger partial charge in [-0.05, 0) is 48.7 Å². The van der Waals surface area contributed by atoms with E-state index in [1.54, 1.807) is 18.1 Å². The number of nitrogens with zero attached hydrogens (tertiary/aromatic N) is 2. The maximum atomic E-state index is 12.9. The molecule has 1 heterocycles. The molecule has 1 aliphatic rings. The average molecular weight is 409 g/mol. The Bertz CT molecular complexity index is 930. The van der Waals surface area contributed by atoms with Crippen LogP contribution in [-0.2, 0) is 21.2 Å². The topological polar surface area (TPSA) is 66.9 Å². The second-order valence-electron chi connectivity index (χ2n) is 6.33. The number of hydrogen-bond acceptors (Lipinski definition) is 4. The Morgan fingerprint density at radius 3 is 2.59 bits per heavy atom. The van der Waals surface area contributed by atoms with E-state index in [4.69, 9.17) is 16.3 Å². The maximum absolute atomic E-state index is 12.9. The van der Waals surface area contributed by atoms with E-state index in [0.29, 0.717) is 17.3 Å². The zero-order valence-corrected chi connectivity index (χ0v) is 16.8. The maximum Gasteiger partial charge on any atom is 0.243 e. The minimum absolute atomic E-state index is 0.0961. The first kappa shape index (κ1) is 19.7. The van der Waals surface area contributed by atoms with Gasteiger partial charge in [0, 0.05) is 18.6 Å². The summed E-state index contributed by atoms with van der Waals surface area (Å²) in [7, 11) is -0.829. The number of halogens is 1. The molecule has 0 spiro atoms. The highest BCUT2D eigenvalue weighted by Crippen LogP contribution is 2.36.